The highest BCUT2D eigenvalue weighted by Crippen LogP contribution is 2.29. The van der Waals surface area contributed by atoms with Crippen LogP contribution in [0.4, 0.5) is 20.2 Å². The third-order valence-electron chi connectivity index (χ3n) is 2.59. The largest absolute Gasteiger partial charge is 0.377 e. The van der Waals surface area contributed by atoms with Crippen LogP contribution in [-0.4, -0.2) is 11.5 Å². The van der Waals surface area contributed by atoms with E-state index in [-0.39, 0.29) is 11.6 Å². The quantitative estimate of drug-likeness (QED) is 0.638. The fourth-order valence-electron chi connectivity index (χ4n) is 1.28. The van der Waals surface area contributed by atoms with E-state index < -0.39 is 22.2 Å². The molecule has 0 fully saturated rings. The topological polar surface area (TPSA) is 55.2 Å². The summed E-state index contributed by atoms with van der Waals surface area (Å²) >= 11 is 0. The van der Waals surface area contributed by atoms with Gasteiger partial charge in [-0.3, -0.25) is 10.1 Å². The van der Waals surface area contributed by atoms with Crippen molar-refractivity contribution in [2.45, 2.75) is 20.3 Å². The second-order valence-electron chi connectivity index (χ2n) is 3.91. The van der Waals surface area contributed by atoms with E-state index in [0.29, 0.717) is 6.54 Å². The molecule has 1 N–H and O–H groups in total. The number of nitrogens with zero attached hydrogens (tertiary/aromatic N) is 1. The van der Waals surface area contributed by atoms with Crippen LogP contribution in [0, 0.1) is 27.7 Å². The van der Waals surface area contributed by atoms with Crippen LogP contribution in [0.1, 0.15) is 20.3 Å². The van der Waals surface area contributed by atoms with Gasteiger partial charge in [-0.25, -0.2) is 8.78 Å². The number of hydrogen-bond donors (Lipinski definition) is 1. The second kappa shape index (κ2) is 5.56. The molecule has 0 radical (unpaired) electrons. The summed E-state index contributed by atoms with van der Waals surface area (Å²) in [5, 5.41) is 13.3. The van der Waals surface area contributed by atoms with E-state index >= 15 is 0 Å². The molecule has 0 saturated carbocycles. The van der Waals surface area contributed by atoms with Gasteiger partial charge < -0.3 is 5.32 Å². The van der Waals surface area contributed by atoms with E-state index in [4.69, 9.17) is 0 Å². The summed E-state index contributed by atoms with van der Waals surface area (Å²) in [7, 11) is 0. The number of nitrogens with one attached hydrogen (secondary N) is 1. The van der Waals surface area contributed by atoms with Crippen molar-refractivity contribution in [1.29, 1.82) is 0 Å². The van der Waals surface area contributed by atoms with Crippen LogP contribution in [0.2, 0.25) is 0 Å². The molecule has 6 heteroatoms. The first-order chi connectivity index (χ1) is 7.97. The van der Waals surface area contributed by atoms with Crippen LogP contribution < -0.4 is 5.32 Å². The van der Waals surface area contributed by atoms with Gasteiger partial charge in [-0.05, 0) is 12.0 Å². The van der Waals surface area contributed by atoms with Gasteiger partial charge in [-0.15, -0.1) is 0 Å². The van der Waals surface area contributed by atoms with Crippen molar-refractivity contribution in [3.63, 3.8) is 0 Å². The van der Waals surface area contributed by atoms with Crippen LogP contribution >= 0.6 is 0 Å². The van der Waals surface area contributed by atoms with Crippen molar-refractivity contribution < 1.29 is 13.7 Å². The minimum atomic E-state index is -1.21. The molecule has 0 amide bonds. The minimum Gasteiger partial charge on any atom is -0.377 e. The van der Waals surface area contributed by atoms with E-state index in [9.17, 15) is 18.9 Å². The van der Waals surface area contributed by atoms with Gasteiger partial charge in [-0.1, -0.05) is 20.3 Å². The molecule has 1 atom stereocenters. The summed E-state index contributed by atoms with van der Waals surface area (Å²) < 4.78 is 26.4. The lowest BCUT2D eigenvalue weighted by Gasteiger charge is -2.12. The number of hydrogen-bond acceptors (Lipinski definition) is 3. The van der Waals surface area contributed by atoms with E-state index in [1.54, 1.807) is 0 Å². The lowest BCUT2D eigenvalue weighted by atomic mass is 10.1. The van der Waals surface area contributed by atoms with E-state index in [1.807, 2.05) is 13.8 Å². The molecular formula is C11H14F2N2O2. The Kier molecular flexibility index (Phi) is 4.37. The third-order valence-corrected chi connectivity index (χ3v) is 2.59. The SMILES string of the molecule is CCC(C)CNc1c([N+](=O)[O-])ccc(F)c1F. The lowest BCUT2D eigenvalue weighted by Crippen LogP contribution is -2.13. The van der Waals surface area contributed by atoms with Crippen molar-refractivity contribution in [3.8, 4) is 0 Å². The van der Waals surface area contributed by atoms with Gasteiger partial charge in [0.1, 0.15) is 0 Å². The molecule has 0 aliphatic heterocycles. The van der Waals surface area contributed by atoms with Gasteiger partial charge in [-0.2, -0.15) is 0 Å². The van der Waals surface area contributed by atoms with Gasteiger partial charge in [0, 0.05) is 12.6 Å². The number of rotatable bonds is 5. The third kappa shape index (κ3) is 3.12. The number of benzene rings is 1. The Morgan fingerprint density at radius 2 is 2.12 bits per heavy atom. The van der Waals surface area contributed by atoms with Gasteiger partial charge in [0.25, 0.3) is 5.69 Å². The number of anilines is 1. The maximum Gasteiger partial charge on any atom is 0.295 e. The zero-order valence-corrected chi connectivity index (χ0v) is 9.67. The standard InChI is InChI=1S/C11H14F2N2O2/c1-3-7(2)6-14-11-9(15(16)17)5-4-8(12)10(11)13/h4-5,7,14H,3,6H2,1-2H3. The molecule has 1 aromatic rings. The zero-order valence-electron chi connectivity index (χ0n) is 9.67. The molecule has 4 nitrogen and oxygen atoms in total. The summed E-state index contributed by atoms with van der Waals surface area (Å²) in [6, 6.07) is 1.71. The molecule has 0 heterocycles. The molecule has 0 aliphatic carbocycles. The molecule has 17 heavy (non-hydrogen) atoms. The highest BCUT2D eigenvalue weighted by molar-refractivity contribution is 5.62. The number of halogens is 2. The molecule has 0 aliphatic rings. The van der Waals surface area contributed by atoms with Crippen molar-refractivity contribution in [2.24, 2.45) is 5.92 Å². The van der Waals surface area contributed by atoms with Crippen LogP contribution in [0.3, 0.4) is 0 Å². The van der Waals surface area contributed by atoms with Gasteiger partial charge in [0.2, 0.25) is 0 Å². The molecule has 1 aromatic carbocycles. The second-order valence-corrected chi connectivity index (χ2v) is 3.91. The summed E-state index contributed by atoms with van der Waals surface area (Å²) in [6.45, 7) is 4.22. The first kappa shape index (κ1) is 13.3. The molecule has 1 unspecified atom stereocenters. The predicted octanol–water partition coefficient (Wildman–Crippen LogP) is 3.33. The highest BCUT2D eigenvalue weighted by Gasteiger charge is 2.21. The molecule has 0 bridgehead atoms. The molecule has 0 aromatic heterocycles. The number of nitro benzene ring substituents is 1. The van der Waals surface area contributed by atoms with Crippen LogP contribution in [0.5, 0.6) is 0 Å². The molecule has 0 spiro atoms. The monoisotopic (exact) mass is 244 g/mol. The first-order valence-electron chi connectivity index (χ1n) is 5.33. The molecule has 94 valence electrons. The average Bonchev–Trinajstić information content (AvgIpc) is 2.30. The van der Waals surface area contributed by atoms with Gasteiger partial charge >= 0.3 is 0 Å². The fourth-order valence-corrected chi connectivity index (χ4v) is 1.28. The Balaban J connectivity index is 3.02. The van der Waals surface area contributed by atoms with Crippen LogP contribution in [0.25, 0.3) is 0 Å². The maximum atomic E-state index is 13.4. The van der Waals surface area contributed by atoms with Crippen LogP contribution in [-0.2, 0) is 0 Å². The van der Waals surface area contributed by atoms with Crippen molar-refractivity contribution >= 4 is 11.4 Å². The van der Waals surface area contributed by atoms with Crippen molar-refractivity contribution in [2.75, 3.05) is 11.9 Å². The number of nitro groups is 1. The molecule has 1 rings (SSSR count). The Bertz CT molecular complexity index is 424. The summed E-state index contributed by atoms with van der Waals surface area (Å²) in [6.07, 6.45) is 0.845. The van der Waals surface area contributed by atoms with Crippen molar-refractivity contribution in [1.82, 2.24) is 0 Å². The Morgan fingerprint density at radius 3 is 2.65 bits per heavy atom. The van der Waals surface area contributed by atoms with Crippen LogP contribution in [0.15, 0.2) is 12.1 Å². The van der Waals surface area contributed by atoms with Gasteiger partial charge in [0.15, 0.2) is 17.3 Å². The Labute approximate surface area is 97.8 Å². The summed E-state index contributed by atoms with van der Waals surface area (Å²) in [4.78, 5) is 9.94. The molecule has 0 saturated heterocycles. The summed E-state index contributed by atoms with van der Waals surface area (Å²) in [5.74, 6) is -2.08. The highest BCUT2D eigenvalue weighted by atomic mass is 19.2. The Hall–Kier alpha value is -1.72. The average molecular weight is 244 g/mol. The summed E-state index contributed by atoms with van der Waals surface area (Å²) in [5.41, 5.74) is -0.831. The van der Waals surface area contributed by atoms with E-state index in [2.05, 4.69) is 5.32 Å². The first-order valence-corrected chi connectivity index (χ1v) is 5.33. The Morgan fingerprint density at radius 1 is 1.47 bits per heavy atom. The van der Waals surface area contributed by atoms with E-state index in [1.165, 1.54) is 0 Å². The van der Waals surface area contributed by atoms with E-state index in [0.717, 1.165) is 18.6 Å². The molecular weight excluding hydrogens is 230 g/mol. The predicted molar refractivity (Wildman–Crippen MR) is 61.0 cm³/mol. The normalized spacial score (nSPS) is 12.2. The van der Waals surface area contributed by atoms with Gasteiger partial charge in [0.05, 0.1) is 4.92 Å². The van der Waals surface area contributed by atoms with Crippen molar-refractivity contribution in [3.05, 3.63) is 33.9 Å². The minimum absolute atomic E-state index is 0.220. The maximum absolute atomic E-state index is 13.4. The smallest absolute Gasteiger partial charge is 0.295 e. The lowest BCUT2D eigenvalue weighted by molar-refractivity contribution is -0.384. The fraction of sp³-hybridized carbons (Fsp3) is 0.455. The zero-order chi connectivity index (χ0) is 13.0.